The molecular weight excluding hydrogens is 354 g/mol. The molecule has 1 amide bonds. The number of carbonyl (C=O) groups excluding carboxylic acids is 1. The van der Waals surface area contributed by atoms with E-state index in [4.69, 9.17) is 4.52 Å². The van der Waals surface area contributed by atoms with E-state index in [9.17, 15) is 4.79 Å². The van der Waals surface area contributed by atoms with E-state index in [0.29, 0.717) is 36.8 Å². The summed E-state index contributed by atoms with van der Waals surface area (Å²) in [7, 11) is 0. The molecule has 4 rings (SSSR count). The quantitative estimate of drug-likeness (QED) is 0.538. The fourth-order valence-electron chi connectivity index (χ4n) is 2.84. The van der Waals surface area contributed by atoms with Gasteiger partial charge in [-0.2, -0.15) is 10.1 Å². The van der Waals surface area contributed by atoms with Crippen molar-refractivity contribution < 1.29 is 9.32 Å². The van der Waals surface area contributed by atoms with E-state index in [1.165, 1.54) is 0 Å². The number of aromatic nitrogens is 4. The zero-order valence-corrected chi connectivity index (χ0v) is 15.2. The van der Waals surface area contributed by atoms with Crippen molar-refractivity contribution >= 4 is 5.91 Å². The zero-order chi connectivity index (χ0) is 19.2. The Balaban J connectivity index is 1.32. The molecule has 0 saturated heterocycles. The number of amides is 1. The lowest BCUT2D eigenvalue weighted by Crippen LogP contribution is -2.25. The van der Waals surface area contributed by atoms with Gasteiger partial charge in [0.05, 0.1) is 6.54 Å². The second-order valence-corrected chi connectivity index (χ2v) is 6.29. The van der Waals surface area contributed by atoms with Crippen LogP contribution in [0.1, 0.15) is 21.8 Å². The van der Waals surface area contributed by atoms with Crippen LogP contribution in [0.5, 0.6) is 0 Å². The van der Waals surface area contributed by atoms with E-state index in [1.54, 1.807) is 12.3 Å². The van der Waals surface area contributed by atoms with Crippen molar-refractivity contribution in [2.75, 3.05) is 6.54 Å². The highest BCUT2D eigenvalue weighted by Gasteiger charge is 2.10. The molecule has 0 spiro atoms. The minimum absolute atomic E-state index is 0.134. The first-order valence-corrected chi connectivity index (χ1v) is 9.00. The van der Waals surface area contributed by atoms with Crippen molar-refractivity contribution in [1.29, 1.82) is 0 Å². The van der Waals surface area contributed by atoms with E-state index in [2.05, 4.69) is 20.6 Å². The Bertz CT molecular complexity index is 1040. The second kappa shape index (κ2) is 8.30. The summed E-state index contributed by atoms with van der Waals surface area (Å²) in [5.74, 6) is 0.907. The topological polar surface area (TPSA) is 85.8 Å². The van der Waals surface area contributed by atoms with Gasteiger partial charge in [-0.3, -0.25) is 9.48 Å². The van der Waals surface area contributed by atoms with Crippen molar-refractivity contribution in [3.8, 4) is 11.4 Å². The Kier molecular flexibility index (Phi) is 5.24. The third-order valence-corrected chi connectivity index (χ3v) is 4.22. The number of nitrogens with one attached hydrogen (secondary N) is 1. The first-order valence-electron chi connectivity index (χ1n) is 9.00. The molecule has 0 aliphatic carbocycles. The van der Waals surface area contributed by atoms with Gasteiger partial charge in [-0.1, -0.05) is 47.6 Å². The Hall–Kier alpha value is -3.74. The molecule has 0 atom stereocenters. The highest BCUT2D eigenvalue weighted by Crippen LogP contribution is 2.14. The van der Waals surface area contributed by atoms with Crippen molar-refractivity contribution in [2.45, 2.75) is 13.0 Å². The summed E-state index contributed by atoms with van der Waals surface area (Å²) < 4.78 is 7.08. The predicted molar refractivity (Wildman–Crippen MR) is 104 cm³/mol. The van der Waals surface area contributed by atoms with Gasteiger partial charge in [0.15, 0.2) is 0 Å². The molecule has 28 heavy (non-hydrogen) atoms. The Labute approximate surface area is 162 Å². The van der Waals surface area contributed by atoms with Crippen LogP contribution < -0.4 is 5.32 Å². The summed E-state index contributed by atoms with van der Waals surface area (Å²) in [5.41, 5.74) is 2.52. The number of nitrogens with zero attached hydrogens (tertiary/aromatic N) is 4. The van der Waals surface area contributed by atoms with Crippen LogP contribution in [-0.4, -0.2) is 32.4 Å². The van der Waals surface area contributed by atoms with Crippen LogP contribution >= 0.6 is 0 Å². The van der Waals surface area contributed by atoms with Crippen molar-refractivity contribution in [3.05, 3.63) is 90.1 Å². The monoisotopic (exact) mass is 373 g/mol. The van der Waals surface area contributed by atoms with Crippen molar-refractivity contribution in [3.63, 3.8) is 0 Å². The summed E-state index contributed by atoms with van der Waals surface area (Å²) >= 11 is 0. The smallest absolute Gasteiger partial charge is 0.251 e. The largest absolute Gasteiger partial charge is 0.352 e. The molecule has 140 valence electrons. The van der Waals surface area contributed by atoms with Crippen LogP contribution in [0.15, 0.2) is 77.6 Å². The van der Waals surface area contributed by atoms with Gasteiger partial charge < -0.3 is 9.84 Å². The summed E-state index contributed by atoms with van der Waals surface area (Å²) in [6.07, 6.45) is 4.09. The van der Waals surface area contributed by atoms with Gasteiger partial charge in [0.25, 0.3) is 5.91 Å². The lowest BCUT2D eigenvalue weighted by atomic mass is 10.1. The highest BCUT2D eigenvalue weighted by molar-refractivity contribution is 5.94. The molecule has 2 aromatic carbocycles. The van der Waals surface area contributed by atoms with Gasteiger partial charge in [-0.25, -0.2) is 0 Å². The average molecular weight is 373 g/mol. The normalized spacial score (nSPS) is 10.7. The van der Waals surface area contributed by atoms with Gasteiger partial charge >= 0.3 is 0 Å². The maximum absolute atomic E-state index is 12.4. The third kappa shape index (κ3) is 4.32. The molecule has 0 unspecified atom stereocenters. The number of benzene rings is 2. The van der Waals surface area contributed by atoms with Crippen molar-refractivity contribution in [1.82, 2.24) is 25.2 Å². The molecule has 0 aliphatic rings. The summed E-state index contributed by atoms with van der Waals surface area (Å²) in [6.45, 7) is 1.04. The van der Waals surface area contributed by atoms with Gasteiger partial charge in [-0.05, 0) is 23.8 Å². The molecule has 0 aliphatic heterocycles. The van der Waals surface area contributed by atoms with E-state index >= 15 is 0 Å². The van der Waals surface area contributed by atoms with Crippen LogP contribution in [0, 0.1) is 0 Å². The Morgan fingerprint density at radius 3 is 2.79 bits per heavy atom. The van der Waals surface area contributed by atoms with Crippen LogP contribution in [0.3, 0.4) is 0 Å². The van der Waals surface area contributed by atoms with E-state index in [0.717, 1.165) is 11.1 Å². The predicted octanol–water partition coefficient (Wildman–Crippen LogP) is 2.95. The minimum atomic E-state index is -0.134. The van der Waals surface area contributed by atoms with E-state index < -0.39 is 0 Å². The number of carbonyl (C=O) groups is 1. The van der Waals surface area contributed by atoms with Gasteiger partial charge in [0, 0.05) is 36.5 Å². The lowest BCUT2D eigenvalue weighted by Gasteiger charge is -2.06. The summed E-state index contributed by atoms with van der Waals surface area (Å²) in [6, 6.07) is 19.0. The first-order chi connectivity index (χ1) is 13.8. The van der Waals surface area contributed by atoms with Crippen molar-refractivity contribution in [2.24, 2.45) is 0 Å². The van der Waals surface area contributed by atoms with Crippen LogP contribution in [-0.2, 0) is 13.0 Å². The fourth-order valence-corrected chi connectivity index (χ4v) is 2.84. The molecule has 2 aromatic heterocycles. The number of rotatable bonds is 7. The molecule has 0 saturated carbocycles. The van der Waals surface area contributed by atoms with Gasteiger partial charge in [-0.15, -0.1) is 0 Å². The van der Waals surface area contributed by atoms with Crippen LogP contribution in [0.4, 0.5) is 0 Å². The first kappa shape index (κ1) is 17.7. The minimum Gasteiger partial charge on any atom is -0.352 e. The third-order valence-electron chi connectivity index (χ3n) is 4.22. The number of hydrogen-bond acceptors (Lipinski definition) is 5. The molecule has 0 radical (unpaired) electrons. The molecule has 7 nitrogen and oxygen atoms in total. The lowest BCUT2D eigenvalue weighted by molar-refractivity contribution is 0.0953. The molecule has 0 bridgehead atoms. The highest BCUT2D eigenvalue weighted by atomic mass is 16.5. The van der Waals surface area contributed by atoms with E-state index in [1.807, 2.05) is 65.5 Å². The van der Waals surface area contributed by atoms with Crippen LogP contribution in [0.2, 0.25) is 0 Å². The maximum atomic E-state index is 12.4. The molecule has 4 aromatic rings. The number of hydrogen-bond donors (Lipinski definition) is 1. The molecule has 7 heteroatoms. The second-order valence-electron chi connectivity index (χ2n) is 6.29. The molecule has 1 N–H and O–H groups in total. The SMILES string of the molecule is O=C(NCCc1nc(-c2ccccc2)no1)c1cccc(Cn2cccn2)c1. The van der Waals surface area contributed by atoms with Crippen LogP contribution in [0.25, 0.3) is 11.4 Å². The Morgan fingerprint density at radius 2 is 1.96 bits per heavy atom. The zero-order valence-electron chi connectivity index (χ0n) is 15.2. The Morgan fingerprint density at radius 1 is 1.07 bits per heavy atom. The van der Waals surface area contributed by atoms with E-state index in [-0.39, 0.29) is 5.91 Å². The summed E-state index contributed by atoms with van der Waals surface area (Å²) in [4.78, 5) is 16.8. The molecular formula is C21H19N5O2. The van der Waals surface area contributed by atoms with Gasteiger partial charge in [0.2, 0.25) is 11.7 Å². The maximum Gasteiger partial charge on any atom is 0.251 e. The standard InChI is InChI=1S/C21H19N5O2/c27-21(18-9-4-6-16(14-18)15-26-13-5-11-23-26)22-12-10-19-24-20(25-28-19)17-7-2-1-3-8-17/h1-9,11,13-14H,10,12,15H2,(H,22,27). The summed E-state index contributed by atoms with van der Waals surface area (Å²) in [5, 5.41) is 11.1. The fraction of sp³-hybridized carbons (Fsp3) is 0.143. The average Bonchev–Trinajstić information content (AvgIpc) is 3.41. The molecule has 2 heterocycles. The molecule has 0 fully saturated rings. The van der Waals surface area contributed by atoms with Gasteiger partial charge in [0.1, 0.15) is 0 Å².